The maximum absolute atomic E-state index is 15.9. The minimum absolute atomic E-state index is 0.0146. The van der Waals surface area contributed by atoms with Gasteiger partial charge in [-0.2, -0.15) is 0 Å². The first-order valence-electron chi connectivity index (χ1n) is 28.5. The highest BCUT2D eigenvalue weighted by Gasteiger charge is 2.84. The average Bonchev–Trinajstić information content (AvgIpc) is 2.88. The summed E-state index contributed by atoms with van der Waals surface area (Å²) in [5.74, 6) is -19.8. The third kappa shape index (κ3) is 19.4. The van der Waals surface area contributed by atoms with Gasteiger partial charge in [0.2, 0.25) is 35.1 Å². The lowest BCUT2D eigenvalue weighted by Crippen LogP contribution is -2.89. The predicted octanol–water partition coefficient (Wildman–Crippen LogP) is -6.68. The summed E-state index contributed by atoms with van der Waals surface area (Å²) in [6.07, 6.45) is -5.38. The van der Waals surface area contributed by atoms with Crippen LogP contribution in [0.15, 0.2) is 0 Å². The van der Waals surface area contributed by atoms with Crippen LogP contribution in [0.5, 0.6) is 0 Å². The number of Topliss-reactive ketones (excluding diaryl/α,β-unsaturated/α-hetero) is 5. The molecule has 478 valence electrons. The fourth-order valence-electron chi connectivity index (χ4n) is 9.75. The number of hydrogen-bond acceptors (Lipinski definition) is 25. The number of unbranched alkanes of at least 4 members (excludes halogenated alkanes) is 1. The minimum atomic E-state index is -4.98. The number of amides is 5. The van der Waals surface area contributed by atoms with E-state index in [1.165, 1.54) is 6.92 Å². The van der Waals surface area contributed by atoms with Gasteiger partial charge >= 0.3 is 5.97 Å². The molecule has 0 saturated heterocycles. The molecule has 0 radical (unpaired) electrons. The van der Waals surface area contributed by atoms with Crippen LogP contribution in [0.1, 0.15) is 132 Å². The summed E-state index contributed by atoms with van der Waals surface area (Å²) in [5.41, 5.74) is 59.3. The van der Waals surface area contributed by atoms with Crippen LogP contribution in [0.25, 0.3) is 0 Å². The van der Waals surface area contributed by atoms with Crippen LogP contribution in [-0.4, -0.2) is 196 Å². The molecule has 5 amide bonds. The van der Waals surface area contributed by atoms with E-state index in [1.807, 2.05) is 13.8 Å². The Morgan fingerprint density at radius 2 is 0.892 bits per heavy atom. The molecular formula is C53H102N16O14. The van der Waals surface area contributed by atoms with E-state index in [0.717, 1.165) is 0 Å². The standard InChI is InChI=1S/C53H102N16O14/c1-8-29(6)11-9-10-12-39(71)69(49(80)36(64)18-24-66-46(77)37(25-27(2)3)67-47(78)38(26-28(4)5)68-48(79)40(65)30(7)70)52(50(81)82,44(75)34(62)16-22-57)53(83,45(76)35(63)17-23-58)51(41(72)31(59)13-19-54,42(73)32(60)14-20-55)43(74)33(61)15-21-56/h27-38,40,70,83H,8-26,54-65H2,1-7H3,(H,66,77)(H,67,78)(H,68,79)(H,81,82)/t29?,30-,31?,32?,33?,34?,35?,36?,37+,38-,40+,51?,52-,53-/m1/s1. The Kier molecular flexibility index (Phi) is 34.3. The molecular weight excluding hydrogens is 1080 g/mol. The Hall–Kier alpha value is -5.19. The number of rotatable bonds is 44. The zero-order valence-corrected chi connectivity index (χ0v) is 49.6. The van der Waals surface area contributed by atoms with Crippen molar-refractivity contribution in [3.05, 3.63) is 0 Å². The highest BCUT2D eigenvalue weighted by atomic mass is 16.4. The first-order valence-corrected chi connectivity index (χ1v) is 28.5. The summed E-state index contributed by atoms with van der Waals surface area (Å²) in [5, 5.41) is 43.9. The van der Waals surface area contributed by atoms with Crippen LogP contribution in [0.4, 0.5) is 0 Å². The monoisotopic (exact) mass is 1190 g/mol. The molecule has 0 aromatic heterocycles. The number of carboxylic acid groups (broad SMARTS) is 1. The number of nitrogens with one attached hydrogen (secondary N) is 3. The van der Waals surface area contributed by atoms with Crippen LogP contribution in [-0.2, 0) is 52.7 Å². The first-order chi connectivity index (χ1) is 38.6. The van der Waals surface area contributed by atoms with Gasteiger partial charge in [0.05, 0.1) is 42.4 Å². The fourth-order valence-corrected chi connectivity index (χ4v) is 9.75. The largest absolute Gasteiger partial charge is 0.479 e. The molecule has 0 aliphatic rings. The van der Waals surface area contributed by atoms with Gasteiger partial charge in [0.25, 0.3) is 0 Å². The molecule has 0 spiro atoms. The molecule has 30 N–H and O–H groups in total. The zero-order valence-electron chi connectivity index (χ0n) is 49.6. The number of hydrogen-bond donors (Lipinski definition) is 18. The van der Waals surface area contributed by atoms with Crippen molar-refractivity contribution in [2.24, 2.45) is 92.0 Å². The Balaban J connectivity index is 9.24. The van der Waals surface area contributed by atoms with Crippen molar-refractivity contribution in [3.63, 3.8) is 0 Å². The van der Waals surface area contributed by atoms with Crippen LogP contribution < -0.4 is 84.8 Å². The van der Waals surface area contributed by atoms with E-state index in [2.05, 4.69) is 16.0 Å². The van der Waals surface area contributed by atoms with E-state index in [9.17, 15) is 29.7 Å². The van der Waals surface area contributed by atoms with Gasteiger partial charge in [-0.25, -0.2) is 4.79 Å². The van der Waals surface area contributed by atoms with E-state index < -0.39 is 231 Å². The summed E-state index contributed by atoms with van der Waals surface area (Å²) >= 11 is 0. The highest BCUT2D eigenvalue weighted by Crippen LogP contribution is 2.50. The van der Waals surface area contributed by atoms with Crippen molar-refractivity contribution in [3.8, 4) is 0 Å². The second-order valence-electron chi connectivity index (χ2n) is 22.4. The van der Waals surface area contributed by atoms with E-state index in [4.69, 9.17) is 68.8 Å². The zero-order chi connectivity index (χ0) is 64.5. The SMILES string of the molecule is CCC(C)CCCCC(=O)N(C(=O)C(N)CCNC(=O)[C@H](CC(C)C)NC(=O)[C@@H](CC(C)C)NC(=O)[C@@H](N)[C@@H](C)O)[C@@](C(=O)O)(C(=O)C(N)CCN)[C@@](O)(C(=O)C(N)CCN)C(C(=O)C(N)CCN)(C(=O)C(N)CCN)C(=O)C(N)CCN. The van der Waals surface area contributed by atoms with Crippen molar-refractivity contribution in [2.75, 3.05) is 39.3 Å². The van der Waals surface area contributed by atoms with Crippen LogP contribution in [0.3, 0.4) is 0 Å². The van der Waals surface area contributed by atoms with Crippen molar-refractivity contribution in [1.82, 2.24) is 20.9 Å². The summed E-state index contributed by atoms with van der Waals surface area (Å²) in [7, 11) is 0. The van der Waals surface area contributed by atoms with Gasteiger partial charge in [0, 0.05) is 13.0 Å². The fraction of sp³-hybridized carbons (Fsp3) is 0.792. The molecule has 0 aromatic rings. The molecule has 13 atom stereocenters. The summed E-state index contributed by atoms with van der Waals surface area (Å²) in [4.78, 5) is 165. The first kappa shape index (κ1) is 77.8. The molecule has 0 bridgehead atoms. The van der Waals surface area contributed by atoms with Crippen molar-refractivity contribution in [1.29, 1.82) is 0 Å². The lowest BCUT2D eigenvalue weighted by atomic mass is 9.49. The lowest BCUT2D eigenvalue weighted by Gasteiger charge is -2.56. The number of imide groups is 1. The maximum Gasteiger partial charge on any atom is 0.341 e. The number of aliphatic hydroxyl groups is 2. The second kappa shape index (κ2) is 36.6. The Labute approximate surface area is 486 Å². The Bertz CT molecular complexity index is 2130. The smallest absolute Gasteiger partial charge is 0.341 e. The molecule has 7 unspecified atom stereocenters. The number of aliphatic hydroxyl groups excluding tert-OH is 1. The van der Waals surface area contributed by atoms with Gasteiger partial charge in [0.15, 0.2) is 39.9 Å². The molecule has 83 heavy (non-hydrogen) atoms. The number of nitrogens with two attached hydrogens (primary N) is 12. The summed E-state index contributed by atoms with van der Waals surface area (Å²) in [6.45, 7) is 8.66. The number of carbonyl (C=O) groups excluding carboxylic acids is 10. The van der Waals surface area contributed by atoms with Gasteiger partial charge in [0.1, 0.15) is 18.1 Å². The Morgan fingerprint density at radius 1 is 0.506 bits per heavy atom. The molecule has 0 aliphatic heterocycles. The Morgan fingerprint density at radius 3 is 1.27 bits per heavy atom. The van der Waals surface area contributed by atoms with Crippen LogP contribution in [0.2, 0.25) is 0 Å². The average molecular weight is 1190 g/mol. The summed E-state index contributed by atoms with van der Waals surface area (Å²) < 4.78 is 0. The van der Waals surface area contributed by atoms with Crippen molar-refractivity contribution in [2.45, 2.75) is 204 Å². The molecule has 30 heteroatoms. The molecule has 0 fully saturated rings. The van der Waals surface area contributed by atoms with Crippen LogP contribution >= 0.6 is 0 Å². The third-order valence-corrected chi connectivity index (χ3v) is 14.7. The van der Waals surface area contributed by atoms with Gasteiger partial charge < -0.3 is 100 Å². The number of ketones is 5. The second-order valence-corrected chi connectivity index (χ2v) is 22.4. The highest BCUT2D eigenvalue weighted by molar-refractivity contribution is 6.35. The van der Waals surface area contributed by atoms with Crippen LogP contribution in [0, 0.1) is 23.2 Å². The van der Waals surface area contributed by atoms with Gasteiger partial charge in [-0.1, -0.05) is 60.8 Å². The van der Waals surface area contributed by atoms with E-state index in [1.54, 1.807) is 27.7 Å². The topological polar surface area (TPSA) is 600 Å². The van der Waals surface area contributed by atoms with E-state index in [-0.39, 0.29) is 43.4 Å². The number of nitrogens with zero attached hydrogens (tertiary/aromatic N) is 1. The number of aliphatic carboxylic acids is 1. The molecule has 0 rings (SSSR count). The lowest BCUT2D eigenvalue weighted by molar-refractivity contribution is -0.212. The molecule has 0 aliphatic carbocycles. The third-order valence-electron chi connectivity index (χ3n) is 14.7. The minimum Gasteiger partial charge on any atom is -0.479 e. The van der Waals surface area contributed by atoms with Gasteiger partial charge in [-0.3, -0.25) is 52.8 Å². The summed E-state index contributed by atoms with van der Waals surface area (Å²) in [6, 6.07) is -17.8. The normalized spacial score (nSPS) is 18.0. The predicted molar refractivity (Wildman–Crippen MR) is 309 cm³/mol. The van der Waals surface area contributed by atoms with Crippen molar-refractivity contribution < 1.29 is 68.1 Å². The van der Waals surface area contributed by atoms with Crippen molar-refractivity contribution >= 4 is 64.4 Å². The maximum atomic E-state index is 15.9. The molecule has 0 heterocycles. The number of carbonyl (C=O) groups is 11. The molecule has 30 nitrogen and oxygen atoms in total. The molecule has 0 aromatic carbocycles. The quantitative estimate of drug-likeness (QED) is 0.0199. The number of carboxylic acids is 1. The van der Waals surface area contributed by atoms with Gasteiger partial charge in [-0.05, 0) is 115 Å². The van der Waals surface area contributed by atoms with E-state index in [0.29, 0.717) is 12.8 Å². The van der Waals surface area contributed by atoms with Gasteiger partial charge in [-0.15, -0.1) is 0 Å². The molecule has 0 saturated carbocycles. The van der Waals surface area contributed by atoms with E-state index >= 15 is 38.4 Å².